The summed E-state index contributed by atoms with van der Waals surface area (Å²) >= 11 is 0. The average molecular weight is 460 g/mol. The van der Waals surface area contributed by atoms with E-state index in [0.717, 1.165) is 12.1 Å². The van der Waals surface area contributed by atoms with Gasteiger partial charge in [-0.1, -0.05) is 17.3 Å². The second-order valence-electron chi connectivity index (χ2n) is 7.75. The van der Waals surface area contributed by atoms with E-state index in [1.54, 1.807) is 17.1 Å². The molecule has 0 unspecified atom stereocenters. The molecule has 1 aromatic carbocycles. The molecule has 172 valence electrons. The number of urea groups is 1. The van der Waals surface area contributed by atoms with Crippen LogP contribution in [-0.4, -0.2) is 57.5 Å². The molecule has 2 amide bonds. The summed E-state index contributed by atoms with van der Waals surface area (Å²) in [6.07, 6.45) is -1.84. The van der Waals surface area contributed by atoms with Crippen molar-refractivity contribution < 1.29 is 27.4 Å². The number of carbonyl (C=O) groups is 1. The molecular weight excluding hydrogens is 441 g/mol. The van der Waals surface area contributed by atoms with Crippen LogP contribution < -0.4 is 10.6 Å². The number of carbonyl (C=O) groups excluding carboxylic acids is 1. The first kappa shape index (κ1) is 21.3. The van der Waals surface area contributed by atoms with Gasteiger partial charge in [0.2, 0.25) is 0 Å². The Balaban J connectivity index is 1.21. The molecule has 2 fully saturated rings. The van der Waals surface area contributed by atoms with Crippen molar-refractivity contribution >= 4 is 11.7 Å². The Bertz CT molecular complexity index is 1140. The van der Waals surface area contributed by atoms with E-state index in [-0.39, 0.29) is 24.4 Å². The first-order chi connectivity index (χ1) is 15.9. The fraction of sp³-hybridized carbons (Fsp3) is 0.333. The van der Waals surface area contributed by atoms with Crippen LogP contribution >= 0.6 is 0 Å². The molecule has 5 rings (SSSR count). The molecule has 0 spiro atoms. The molecule has 0 saturated carbocycles. The molecule has 4 heterocycles. The Morgan fingerprint density at radius 1 is 1.06 bits per heavy atom. The van der Waals surface area contributed by atoms with E-state index in [0.29, 0.717) is 18.0 Å². The molecule has 2 aromatic heterocycles. The smallest absolute Gasteiger partial charge is 0.371 e. The summed E-state index contributed by atoms with van der Waals surface area (Å²) in [6.45, 7) is 0.511. The number of fused-ring (bicyclic) bond motifs is 1. The molecule has 2 N–H and O–H groups in total. The number of amides is 2. The number of pyridine rings is 1. The Morgan fingerprint density at radius 2 is 1.91 bits per heavy atom. The minimum atomic E-state index is -4.49. The van der Waals surface area contributed by atoms with Gasteiger partial charge < -0.3 is 20.1 Å². The monoisotopic (exact) mass is 460 g/mol. The van der Waals surface area contributed by atoms with Crippen molar-refractivity contribution in [2.75, 3.05) is 18.5 Å². The number of nitrogens with one attached hydrogen (secondary N) is 2. The predicted molar refractivity (Wildman–Crippen MR) is 109 cm³/mol. The Hall–Kier alpha value is -3.51. The number of hydrogen-bond acceptors (Lipinski definition) is 6. The number of hydrogen-bond donors (Lipinski definition) is 2. The summed E-state index contributed by atoms with van der Waals surface area (Å²) in [5.74, 6) is 0. The quantitative estimate of drug-likeness (QED) is 0.621. The molecule has 2 aliphatic heterocycles. The van der Waals surface area contributed by atoms with Crippen molar-refractivity contribution in [3.63, 3.8) is 0 Å². The zero-order chi connectivity index (χ0) is 23.0. The number of alkyl halides is 3. The van der Waals surface area contributed by atoms with E-state index in [9.17, 15) is 18.0 Å². The Morgan fingerprint density at radius 3 is 2.70 bits per heavy atom. The van der Waals surface area contributed by atoms with Gasteiger partial charge in [-0.25, -0.2) is 9.48 Å². The van der Waals surface area contributed by atoms with Gasteiger partial charge in [0.15, 0.2) is 0 Å². The Kier molecular flexibility index (Phi) is 5.46. The summed E-state index contributed by atoms with van der Waals surface area (Å²) in [7, 11) is 0. The summed E-state index contributed by atoms with van der Waals surface area (Å²) in [5.41, 5.74) is 0.502. The largest absolute Gasteiger partial charge is 0.416 e. The lowest BCUT2D eigenvalue weighted by Gasteiger charge is -2.18. The van der Waals surface area contributed by atoms with Crippen molar-refractivity contribution in [3.05, 3.63) is 60.4 Å². The fourth-order valence-corrected chi connectivity index (χ4v) is 4.01. The van der Waals surface area contributed by atoms with Crippen LogP contribution in [0.3, 0.4) is 0 Å². The highest BCUT2D eigenvalue weighted by molar-refractivity contribution is 5.89. The first-order valence-electron chi connectivity index (χ1n) is 10.2. The van der Waals surface area contributed by atoms with Crippen LogP contribution in [0.5, 0.6) is 0 Å². The molecule has 2 saturated heterocycles. The standard InChI is InChI=1S/C21H19F3N6O3/c22-21(23,24)12-4-3-5-13(8-12)26-20(31)27-16-10-32-19-17(11-33-18(16)19)30-9-15(28-29-30)14-6-1-2-7-25-14/h1-9,16-19H,10-11H2,(H2,26,27,31)/t16-,17+,18-,19+/m0/s1. The molecule has 0 aliphatic carbocycles. The second-order valence-corrected chi connectivity index (χ2v) is 7.75. The van der Waals surface area contributed by atoms with Crippen molar-refractivity contribution in [3.8, 4) is 11.4 Å². The van der Waals surface area contributed by atoms with Crippen LogP contribution in [-0.2, 0) is 15.7 Å². The van der Waals surface area contributed by atoms with Crippen molar-refractivity contribution in [1.82, 2.24) is 25.3 Å². The van der Waals surface area contributed by atoms with E-state index >= 15 is 0 Å². The zero-order valence-corrected chi connectivity index (χ0v) is 17.1. The van der Waals surface area contributed by atoms with Gasteiger partial charge in [0.25, 0.3) is 0 Å². The average Bonchev–Trinajstić information content (AvgIpc) is 3.52. The molecular formula is C21H19F3N6O3. The second kappa shape index (κ2) is 8.45. The van der Waals surface area contributed by atoms with Gasteiger partial charge in [-0.3, -0.25) is 4.98 Å². The lowest BCUT2D eigenvalue weighted by molar-refractivity contribution is -0.137. The topological polar surface area (TPSA) is 103 Å². The van der Waals surface area contributed by atoms with Crippen molar-refractivity contribution in [2.24, 2.45) is 0 Å². The molecule has 12 heteroatoms. The summed E-state index contributed by atoms with van der Waals surface area (Å²) in [5, 5.41) is 13.5. The van der Waals surface area contributed by atoms with Crippen molar-refractivity contribution in [1.29, 1.82) is 0 Å². The molecule has 0 bridgehead atoms. The van der Waals surface area contributed by atoms with E-state index in [1.807, 2.05) is 18.2 Å². The molecule has 0 radical (unpaired) electrons. The maximum Gasteiger partial charge on any atom is 0.416 e. The van der Waals surface area contributed by atoms with Crippen molar-refractivity contribution in [2.45, 2.75) is 30.5 Å². The SMILES string of the molecule is O=C(Nc1cccc(C(F)(F)F)c1)N[C@H]1CO[C@H]2[C@H]1OC[C@H]2n1cc(-c2ccccn2)nn1. The molecule has 9 nitrogen and oxygen atoms in total. The van der Waals surface area contributed by atoms with E-state index < -0.39 is 29.9 Å². The van der Waals surface area contributed by atoms with Gasteiger partial charge in [-0.2, -0.15) is 13.2 Å². The summed E-state index contributed by atoms with van der Waals surface area (Å²) in [6, 6.07) is 8.58. The van der Waals surface area contributed by atoms with Gasteiger partial charge in [-0.05, 0) is 30.3 Å². The third kappa shape index (κ3) is 4.39. The van der Waals surface area contributed by atoms with Gasteiger partial charge in [0.1, 0.15) is 23.9 Å². The summed E-state index contributed by atoms with van der Waals surface area (Å²) < 4.78 is 52.0. The highest BCUT2D eigenvalue weighted by Gasteiger charge is 2.49. The van der Waals surface area contributed by atoms with Gasteiger partial charge in [0.05, 0.1) is 36.7 Å². The number of anilines is 1. The predicted octanol–water partition coefficient (Wildman–Crippen LogP) is 2.89. The van der Waals surface area contributed by atoms with Crippen LogP contribution in [0.2, 0.25) is 0 Å². The highest BCUT2D eigenvalue weighted by Crippen LogP contribution is 2.34. The molecule has 33 heavy (non-hydrogen) atoms. The maximum atomic E-state index is 12.9. The van der Waals surface area contributed by atoms with Gasteiger partial charge >= 0.3 is 12.2 Å². The van der Waals surface area contributed by atoms with Crippen LogP contribution in [0.1, 0.15) is 11.6 Å². The number of nitrogens with zero attached hydrogens (tertiary/aromatic N) is 4. The van der Waals surface area contributed by atoms with E-state index in [2.05, 4.69) is 25.9 Å². The zero-order valence-electron chi connectivity index (χ0n) is 17.1. The fourth-order valence-electron chi connectivity index (χ4n) is 4.01. The third-order valence-corrected chi connectivity index (χ3v) is 5.57. The van der Waals surface area contributed by atoms with Gasteiger partial charge in [-0.15, -0.1) is 5.10 Å². The minimum Gasteiger partial charge on any atom is -0.371 e. The maximum absolute atomic E-state index is 12.9. The lowest BCUT2D eigenvalue weighted by atomic mass is 10.1. The lowest BCUT2D eigenvalue weighted by Crippen LogP contribution is -2.45. The molecule has 2 aliphatic rings. The Labute approximate surface area is 185 Å². The number of halogens is 3. The normalized spacial score (nSPS) is 24.5. The first-order valence-corrected chi connectivity index (χ1v) is 10.2. The van der Waals surface area contributed by atoms with E-state index in [4.69, 9.17) is 9.47 Å². The summed E-state index contributed by atoms with van der Waals surface area (Å²) in [4.78, 5) is 16.6. The number of rotatable bonds is 4. The number of benzene rings is 1. The minimum absolute atomic E-state index is 0.0349. The number of aromatic nitrogens is 4. The van der Waals surface area contributed by atoms with Crippen LogP contribution in [0, 0.1) is 0 Å². The number of ether oxygens (including phenoxy) is 2. The van der Waals surface area contributed by atoms with Crippen LogP contribution in [0.25, 0.3) is 11.4 Å². The molecule has 4 atom stereocenters. The third-order valence-electron chi connectivity index (χ3n) is 5.57. The molecule has 3 aromatic rings. The van der Waals surface area contributed by atoms with Crippen LogP contribution in [0.4, 0.5) is 23.7 Å². The van der Waals surface area contributed by atoms with E-state index in [1.165, 1.54) is 12.1 Å². The van der Waals surface area contributed by atoms with Gasteiger partial charge in [0, 0.05) is 11.9 Å². The highest BCUT2D eigenvalue weighted by atomic mass is 19.4. The van der Waals surface area contributed by atoms with Crippen LogP contribution in [0.15, 0.2) is 54.9 Å².